The van der Waals surface area contributed by atoms with Crippen LogP contribution in [0.2, 0.25) is 0 Å². The van der Waals surface area contributed by atoms with Crippen molar-refractivity contribution in [1.29, 1.82) is 0 Å². The lowest BCUT2D eigenvalue weighted by Crippen LogP contribution is -2.30. The van der Waals surface area contributed by atoms with Crippen LogP contribution in [0.1, 0.15) is 11.1 Å². The Morgan fingerprint density at radius 1 is 1.21 bits per heavy atom. The number of hydrogen-bond acceptors (Lipinski definition) is 3. The number of anilines is 1. The molecular formula is C18H19ClN2O3. The van der Waals surface area contributed by atoms with E-state index in [4.69, 9.17) is 16.3 Å². The molecule has 126 valence electrons. The molecule has 2 rings (SSSR count). The smallest absolute Gasteiger partial charge is 0.319 e. The second kappa shape index (κ2) is 8.84. The molecule has 2 amide bonds. The van der Waals surface area contributed by atoms with Gasteiger partial charge >= 0.3 is 6.03 Å². The summed E-state index contributed by atoms with van der Waals surface area (Å²) in [6.45, 7) is 0.411. The summed E-state index contributed by atoms with van der Waals surface area (Å²) in [5.74, 6) is 0.887. The number of urea groups is 1. The number of nitrogens with one attached hydrogen (secondary N) is 2. The minimum absolute atomic E-state index is 0.0889. The molecular weight excluding hydrogens is 328 g/mol. The first kappa shape index (κ1) is 17.7. The average molecular weight is 347 g/mol. The van der Waals surface area contributed by atoms with E-state index in [1.807, 2.05) is 36.4 Å². The Hall–Kier alpha value is -2.66. The van der Waals surface area contributed by atoms with Gasteiger partial charge in [0.15, 0.2) is 11.5 Å². The van der Waals surface area contributed by atoms with Gasteiger partial charge in [-0.3, -0.25) is 0 Å². The molecule has 6 heteroatoms. The number of amides is 2. The highest BCUT2D eigenvalue weighted by Gasteiger charge is 2.02. The summed E-state index contributed by atoms with van der Waals surface area (Å²) >= 11 is 5.53. The third-order valence-corrected chi connectivity index (χ3v) is 3.38. The van der Waals surface area contributed by atoms with E-state index in [1.165, 1.54) is 7.11 Å². The molecule has 0 aliphatic heterocycles. The molecule has 0 fully saturated rings. The molecule has 5 nitrogen and oxygen atoms in total. The Morgan fingerprint density at radius 2 is 1.96 bits per heavy atom. The third-order valence-electron chi connectivity index (χ3n) is 3.20. The normalized spacial score (nSPS) is 10.6. The van der Waals surface area contributed by atoms with E-state index < -0.39 is 0 Å². The van der Waals surface area contributed by atoms with Crippen LogP contribution >= 0.6 is 11.6 Å². The fraction of sp³-hybridized carbons (Fsp3) is 0.167. The lowest BCUT2D eigenvalue weighted by Gasteiger charge is -2.07. The van der Waals surface area contributed by atoms with Crippen molar-refractivity contribution in [2.24, 2.45) is 0 Å². The fourth-order valence-electron chi connectivity index (χ4n) is 2.06. The van der Waals surface area contributed by atoms with Gasteiger partial charge in [0.1, 0.15) is 0 Å². The number of carbonyl (C=O) groups is 1. The Morgan fingerprint density at radius 3 is 2.62 bits per heavy atom. The predicted molar refractivity (Wildman–Crippen MR) is 97.8 cm³/mol. The van der Waals surface area contributed by atoms with Crippen molar-refractivity contribution in [1.82, 2.24) is 5.32 Å². The third kappa shape index (κ3) is 5.21. The van der Waals surface area contributed by atoms with Gasteiger partial charge in [0.05, 0.1) is 7.11 Å². The van der Waals surface area contributed by atoms with E-state index in [-0.39, 0.29) is 11.8 Å². The molecule has 24 heavy (non-hydrogen) atoms. The number of alkyl halides is 1. The maximum absolute atomic E-state index is 11.6. The van der Waals surface area contributed by atoms with Crippen molar-refractivity contribution >= 4 is 35.5 Å². The van der Waals surface area contributed by atoms with Crippen LogP contribution in [0.4, 0.5) is 10.5 Å². The number of aromatic hydroxyl groups is 1. The van der Waals surface area contributed by atoms with Crippen molar-refractivity contribution < 1.29 is 14.6 Å². The zero-order chi connectivity index (χ0) is 17.4. The molecule has 0 atom stereocenters. The van der Waals surface area contributed by atoms with Crippen LogP contribution in [0.25, 0.3) is 12.2 Å². The lowest BCUT2D eigenvalue weighted by atomic mass is 10.1. The number of methoxy groups -OCH3 is 1. The first-order chi connectivity index (χ1) is 11.6. The van der Waals surface area contributed by atoms with Crippen molar-refractivity contribution in [3.8, 4) is 11.5 Å². The van der Waals surface area contributed by atoms with Crippen molar-refractivity contribution in [3.05, 3.63) is 53.6 Å². The zero-order valence-corrected chi connectivity index (χ0v) is 14.0. The number of phenols is 1. The minimum Gasteiger partial charge on any atom is -0.504 e. The molecule has 0 aliphatic rings. The molecule has 0 heterocycles. The largest absolute Gasteiger partial charge is 0.504 e. The number of halogens is 1. The summed E-state index contributed by atoms with van der Waals surface area (Å²) in [4.78, 5) is 11.6. The number of rotatable bonds is 6. The van der Waals surface area contributed by atoms with Gasteiger partial charge in [-0.15, -0.1) is 11.6 Å². The SMILES string of the molecule is COc1ccc(/C=C/c2cccc(NC(=O)NCCCl)c2)cc1O. The summed E-state index contributed by atoms with van der Waals surface area (Å²) < 4.78 is 5.01. The minimum atomic E-state index is -0.295. The van der Waals surface area contributed by atoms with E-state index in [9.17, 15) is 9.90 Å². The van der Waals surface area contributed by atoms with E-state index in [0.29, 0.717) is 23.9 Å². The van der Waals surface area contributed by atoms with Crippen LogP contribution in [-0.4, -0.2) is 30.7 Å². The van der Waals surface area contributed by atoms with Gasteiger partial charge in [-0.2, -0.15) is 0 Å². The molecule has 0 aliphatic carbocycles. The van der Waals surface area contributed by atoms with Crippen LogP contribution in [0.3, 0.4) is 0 Å². The van der Waals surface area contributed by atoms with Crippen LogP contribution < -0.4 is 15.4 Å². The highest BCUT2D eigenvalue weighted by molar-refractivity contribution is 6.18. The summed E-state index contributed by atoms with van der Waals surface area (Å²) in [5.41, 5.74) is 2.44. The van der Waals surface area contributed by atoms with Gasteiger partial charge in [-0.1, -0.05) is 30.4 Å². The number of phenolic OH excluding ortho intramolecular Hbond substituents is 1. The molecule has 2 aromatic carbocycles. The van der Waals surface area contributed by atoms with Crippen LogP contribution in [-0.2, 0) is 0 Å². The molecule has 0 aromatic heterocycles. The number of benzene rings is 2. The quantitative estimate of drug-likeness (QED) is 0.548. The number of carbonyl (C=O) groups excluding carboxylic acids is 1. The van der Waals surface area contributed by atoms with E-state index in [0.717, 1.165) is 11.1 Å². The average Bonchev–Trinajstić information content (AvgIpc) is 2.58. The van der Waals surface area contributed by atoms with Crippen LogP contribution in [0.5, 0.6) is 11.5 Å². The summed E-state index contributed by atoms with van der Waals surface area (Å²) in [6, 6.07) is 12.3. The van der Waals surface area contributed by atoms with Crippen molar-refractivity contribution in [2.75, 3.05) is 24.9 Å². The molecule has 0 unspecified atom stereocenters. The predicted octanol–water partition coefficient (Wildman–Crippen LogP) is 3.93. The lowest BCUT2D eigenvalue weighted by molar-refractivity contribution is 0.252. The molecule has 0 radical (unpaired) electrons. The second-order valence-electron chi connectivity index (χ2n) is 4.96. The summed E-state index contributed by atoms with van der Waals surface area (Å²) in [7, 11) is 1.51. The van der Waals surface area contributed by atoms with Gasteiger partial charge in [-0.25, -0.2) is 4.79 Å². The van der Waals surface area contributed by atoms with Crippen LogP contribution in [0, 0.1) is 0 Å². The Kier molecular flexibility index (Phi) is 6.51. The molecule has 2 aromatic rings. The molecule has 0 saturated carbocycles. The molecule has 0 bridgehead atoms. The highest BCUT2D eigenvalue weighted by Crippen LogP contribution is 2.27. The van der Waals surface area contributed by atoms with E-state index in [2.05, 4.69) is 10.6 Å². The highest BCUT2D eigenvalue weighted by atomic mass is 35.5. The fourth-order valence-corrected chi connectivity index (χ4v) is 2.15. The topological polar surface area (TPSA) is 70.6 Å². The van der Waals surface area contributed by atoms with Crippen molar-refractivity contribution in [2.45, 2.75) is 0 Å². The van der Waals surface area contributed by atoms with Gasteiger partial charge in [0, 0.05) is 18.1 Å². The Balaban J connectivity index is 2.06. The first-order valence-corrected chi connectivity index (χ1v) is 7.92. The van der Waals surface area contributed by atoms with E-state index >= 15 is 0 Å². The number of ether oxygens (including phenoxy) is 1. The van der Waals surface area contributed by atoms with Gasteiger partial charge < -0.3 is 20.5 Å². The van der Waals surface area contributed by atoms with Crippen LogP contribution in [0.15, 0.2) is 42.5 Å². The van der Waals surface area contributed by atoms with Gasteiger partial charge in [-0.05, 0) is 35.4 Å². The van der Waals surface area contributed by atoms with Gasteiger partial charge in [0.2, 0.25) is 0 Å². The molecule has 3 N–H and O–H groups in total. The second-order valence-corrected chi connectivity index (χ2v) is 5.34. The number of hydrogen-bond donors (Lipinski definition) is 3. The Labute approximate surface area is 145 Å². The molecule has 0 saturated heterocycles. The zero-order valence-electron chi connectivity index (χ0n) is 13.3. The maximum atomic E-state index is 11.6. The van der Waals surface area contributed by atoms with Crippen molar-refractivity contribution in [3.63, 3.8) is 0 Å². The van der Waals surface area contributed by atoms with E-state index in [1.54, 1.807) is 18.2 Å². The first-order valence-electron chi connectivity index (χ1n) is 7.38. The molecule has 0 spiro atoms. The summed E-state index contributed by atoms with van der Waals surface area (Å²) in [5, 5.41) is 15.2. The van der Waals surface area contributed by atoms with Gasteiger partial charge in [0.25, 0.3) is 0 Å². The monoisotopic (exact) mass is 346 g/mol. The standard InChI is InChI=1S/C18H19ClN2O3/c1-24-17-8-7-14(12-16(17)22)6-5-13-3-2-4-15(11-13)21-18(23)20-10-9-19/h2-8,11-12,22H,9-10H2,1H3,(H2,20,21,23)/b6-5+. The maximum Gasteiger partial charge on any atom is 0.319 e. The Bertz CT molecular complexity index is 732. The summed E-state index contributed by atoms with van der Waals surface area (Å²) in [6.07, 6.45) is 3.76.